The molecule has 1 saturated heterocycles. The number of amides is 3. The van der Waals surface area contributed by atoms with E-state index >= 15 is 0 Å². The Labute approximate surface area is 522 Å². The molecule has 3 unspecified atom stereocenters. The molecule has 88 heavy (non-hydrogen) atoms. The minimum absolute atomic E-state index is 0.0412. The van der Waals surface area contributed by atoms with Gasteiger partial charge in [0.15, 0.2) is 16.6 Å². The minimum atomic E-state index is -2.18. The zero-order valence-electron chi connectivity index (χ0n) is 51.9. The molecular formula is C70H81ClF6N4O5Si2. The second-order valence-electron chi connectivity index (χ2n) is 26.2. The largest absolute Gasteiger partial charge is 0.414 e. The van der Waals surface area contributed by atoms with Crippen LogP contribution in [0.4, 0.5) is 35.9 Å². The third-order valence-electron chi connectivity index (χ3n) is 18.4. The van der Waals surface area contributed by atoms with Gasteiger partial charge in [0, 0.05) is 49.4 Å². The second-order valence-corrected chi connectivity index (χ2v) is 36.1. The van der Waals surface area contributed by atoms with Crippen LogP contribution in [0.15, 0.2) is 164 Å². The zero-order chi connectivity index (χ0) is 64.0. The standard InChI is InChI=1S/C24H28ClF2NO2Si.C23H24F2N2O2.C23H29F2NOSi/c1-23(2,3)31(4,5)30-16-24(18-9-7-6-8-10-18)14-17(15-28(24)22(25)29)20-13-19(26)11-12-21(20)27;24-19-9-10-21(25)20(13-19)17-14-23(16-28,18-7-3-1-4-8-18)27(15-17)22(29)26-11-5-2-6-12-26;1-22(2,3)28(4,5)27-16-23(18-9-7-6-8-10-18)14-17(15-26-23)20-13-19(24)11-12-21(20)25/h6-14H,15-16H2,1-5H3;1,3-4,7-10,13-14,28H,2,5-6,11-12,15-16H2;6-14,26H,15-16H2,1-5H3. The molecule has 3 atom stereocenters. The molecule has 10 rings (SSSR count). The monoisotopic (exact) mass is 1260 g/mol. The van der Waals surface area contributed by atoms with Crippen LogP contribution < -0.4 is 5.32 Å². The Kier molecular flexibility index (Phi) is 20.9. The van der Waals surface area contributed by atoms with Crippen molar-refractivity contribution in [1.82, 2.24) is 20.0 Å². The van der Waals surface area contributed by atoms with E-state index in [0.29, 0.717) is 43.0 Å². The third kappa shape index (κ3) is 14.7. The van der Waals surface area contributed by atoms with Crippen LogP contribution in [0.25, 0.3) is 16.7 Å². The van der Waals surface area contributed by atoms with Crippen molar-refractivity contribution in [3.63, 3.8) is 0 Å². The highest BCUT2D eigenvalue weighted by Gasteiger charge is 2.49. The van der Waals surface area contributed by atoms with Crippen molar-refractivity contribution in [2.45, 2.75) is 114 Å². The first kappa shape index (κ1) is 67.4. The number of halogens is 7. The number of urea groups is 1. The maximum atomic E-state index is 14.6. The Morgan fingerprint density at radius 3 is 1.36 bits per heavy atom. The van der Waals surface area contributed by atoms with Gasteiger partial charge in [0.1, 0.15) is 46.0 Å². The summed E-state index contributed by atoms with van der Waals surface area (Å²) in [5.74, 6) is -3.04. The Bertz CT molecular complexity index is 3540. The molecule has 9 nitrogen and oxygen atoms in total. The van der Waals surface area contributed by atoms with E-state index in [-0.39, 0.29) is 53.5 Å². The number of nitrogens with one attached hydrogen (secondary N) is 1. The lowest BCUT2D eigenvalue weighted by molar-refractivity contribution is 0.0785. The van der Waals surface area contributed by atoms with Gasteiger partial charge < -0.3 is 28.7 Å². The van der Waals surface area contributed by atoms with Crippen molar-refractivity contribution in [3.8, 4) is 0 Å². The van der Waals surface area contributed by atoms with Gasteiger partial charge in [-0.15, -0.1) is 0 Å². The summed E-state index contributed by atoms with van der Waals surface area (Å²) in [5.41, 5.74) is 2.16. The van der Waals surface area contributed by atoms with Crippen LogP contribution in [-0.4, -0.2) is 100 Å². The third-order valence-corrected chi connectivity index (χ3v) is 27.5. The summed E-state index contributed by atoms with van der Waals surface area (Å²) in [5, 5.41) is 13.3. The van der Waals surface area contributed by atoms with Gasteiger partial charge in [0.05, 0.1) is 25.4 Å². The molecule has 0 spiro atoms. The van der Waals surface area contributed by atoms with Gasteiger partial charge in [-0.2, -0.15) is 0 Å². The molecule has 0 bridgehead atoms. The maximum absolute atomic E-state index is 14.6. The van der Waals surface area contributed by atoms with Gasteiger partial charge in [-0.1, -0.05) is 139 Å². The molecule has 0 saturated carbocycles. The summed E-state index contributed by atoms with van der Waals surface area (Å²) in [4.78, 5) is 30.8. The minimum Gasteiger partial charge on any atom is -0.414 e. The highest BCUT2D eigenvalue weighted by Crippen LogP contribution is 2.46. The SMILES string of the molecule is CC(C)(C)[Si](C)(C)OCC1(c2ccccc2)C=C(c2cc(F)ccc2F)CN1.CC(C)(C)[Si](C)(C)OCC1(c2ccccc2)C=C(c2cc(F)ccc2F)CN1C(=O)Cl.O=C(N1CCCCC1)N1CC(c2cc(F)ccc2F)=CC1(CO)c1ccccc1. The van der Waals surface area contributed by atoms with Crippen molar-refractivity contribution < 1.29 is 49.9 Å². The van der Waals surface area contributed by atoms with E-state index in [1.807, 2.05) is 97.1 Å². The van der Waals surface area contributed by atoms with Gasteiger partial charge in [-0.25, -0.2) is 31.1 Å². The van der Waals surface area contributed by atoms with Gasteiger partial charge in [-0.3, -0.25) is 10.1 Å². The van der Waals surface area contributed by atoms with Crippen LogP contribution in [0.1, 0.15) is 94.2 Å². The Hall–Kier alpha value is -6.58. The summed E-state index contributed by atoms with van der Waals surface area (Å²) in [6.07, 6.45) is 8.49. The van der Waals surface area contributed by atoms with Crippen molar-refractivity contribution in [2.24, 2.45) is 0 Å². The van der Waals surface area contributed by atoms with Crippen LogP contribution in [0.2, 0.25) is 36.3 Å². The van der Waals surface area contributed by atoms with E-state index in [1.165, 1.54) is 17.0 Å². The van der Waals surface area contributed by atoms with Crippen molar-refractivity contribution in [2.75, 3.05) is 52.5 Å². The summed E-state index contributed by atoms with van der Waals surface area (Å²) >= 11 is 6.02. The van der Waals surface area contributed by atoms with Crippen molar-refractivity contribution in [3.05, 3.63) is 232 Å². The van der Waals surface area contributed by atoms with E-state index < -0.39 is 73.5 Å². The number of piperidine rings is 1. The fraction of sp³-hybridized carbons (Fsp3) is 0.371. The van der Waals surface area contributed by atoms with E-state index in [0.717, 1.165) is 84.0 Å². The topological polar surface area (TPSA) is 94.6 Å². The molecule has 18 heteroatoms. The number of likely N-dealkylation sites (tertiary alicyclic amines) is 1. The molecule has 4 heterocycles. The lowest BCUT2D eigenvalue weighted by Gasteiger charge is -2.42. The number of carbonyl (C=O) groups is 2. The molecule has 6 aromatic rings. The number of hydrogen-bond acceptors (Lipinski definition) is 6. The maximum Gasteiger partial charge on any atom is 0.321 e. The number of nitrogens with zero attached hydrogens (tertiary/aromatic N) is 3. The summed E-state index contributed by atoms with van der Waals surface area (Å²) in [6, 6.07) is 38.7. The molecule has 0 radical (unpaired) electrons. The lowest BCUT2D eigenvalue weighted by atomic mass is 9.89. The van der Waals surface area contributed by atoms with Crippen LogP contribution in [-0.2, 0) is 25.5 Å². The van der Waals surface area contributed by atoms with E-state index in [4.69, 9.17) is 20.5 Å². The lowest BCUT2D eigenvalue weighted by Crippen LogP contribution is -2.54. The Morgan fingerprint density at radius 2 is 0.932 bits per heavy atom. The van der Waals surface area contributed by atoms with Gasteiger partial charge in [0.25, 0.3) is 0 Å². The number of benzene rings is 6. The van der Waals surface area contributed by atoms with Crippen LogP contribution in [0.5, 0.6) is 0 Å². The molecule has 0 aliphatic carbocycles. The van der Waals surface area contributed by atoms with Gasteiger partial charge >= 0.3 is 11.4 Å². The first-order chi connectivity index (χ1) is 41.5. The molecule has 2 N–H and O–H groups in total. The summed E-state index contributed by atoms with van der Waals surface area (Å²) < 4.78 is 97.9. The van der Waals surface area contributed by atoms with Crippen LogP contribution in [0, 0.1) is 34.9 Å². The summed E-state index contributed by atoms with van der Waals surface area (Å²) in [7, 11) is -4.16. The predicted molar refractivity (Wildman–Crippen MR) is 344 cm³/mol. The molecular weight excluding hydrogens is 1180 g/mol. The number of aliphatic hydroxyl groups is 1. The van der Waals surface area contributed by atoms with E-state index in [2.05, 4.69) is 73.0 Å². The highest BCUT2D eigenvalue weighted by atomic mass is 35.5. The molecule has 468 valence electrons. The first-order valence-electron chi connectivity index (χ1n) is 29.8. The molecule has 1 fully saturated rings. The molecule has 4 aliphatic heterocycles. The normalized spacial score (nSPS) is 20.6. The number of hydrogen-bond donors (Lipinski definition) is 2. The Balaban J connectivity index is 0.000000171. The fourth-order valence-electron chi connectivity index (χ4n) is 11.0. The van der Waals surface area contributed by atoms with E-state index in [9.17, 15) is 41.0 Å². The first-order valence-corrected chi connectivity index (χ1v) is 36.0. The number of carbonyl (C=O) groups excluding carboxylic acids is 2. The van der Waals surface area contributed by atoms with E-state index in [1.54, 1.807) is 22.0 Å². The smallest absolute Gasteiger partial charge is 0.321 e. The fourth-order valence-corrected chi connectivity index (χ4v) is 13.3. The summed E-state index contributed by atoms with van der Waals surface area (Å²) in [6.45, 7) is 23.9. The zero-order valence-corrected chi connectivity index (χ0v) is 54.7. The van der Waals surface area contributed by atoms with Crippen molar-refractivity contribution in [1.29, 1.82) is 0 Å². The molecule has 6 aromatic carbocycles. The van der Waals surface area contributed by atoms with Gasteiger partial charge in [0.2, 0.25) is 0 Å². The highest BCUT2D eigenvalue weighted by molar-refractivity contribution is 6.74. The second kappa shape index (κ2) is 27.3. The van der Waals surface area contributed by atoms with Gasteiger partial charge in [-0.05, 0) is 167 Å². The Morgan fingerprint density at radius 1 is 0.534 bits per heavy atom. The molecule has 0 aromatic heterocycles. The molecule has 3 amide bonds. The number of rotatable bonds is 13. The molecule has 4 aliphatic rings. The average molecular weight is 1260 g/mol. The van der Waals surface area contributed by atoms with Crippen LogP contribution in [0.3, 0.4) is 0 Å². The van der Waals surface area contributed by atoms with Crippen LogP contribution >= 0.6 is 11.6 Å². The average Bonchev–Trinajstić information content (AvgIpc) is 1.83. The number of aliphatic hydroxyl groups excluding tert-OH is 1. The quantitative estimate of drug-likeness (QED) is 0.0518. The predicted octanol–water partition coefficient (Wildman–Crippen LogP) is 17.0. The van der Waals surface area contributed by atoms with Crippen molar-refractivity contribution >= 4 is 56.4 Å².